The predicted molar refractivity (Wildman–Crippen MR) is 116 cm³/mol. The summed E-state index contributed by atoms with van der Waals surface area (Å²) < 4.78 is 0. The molecular weight excluding hydrogens is 447 g/mol. The van der Waals surface area contributed by atoms with E-state index in [1.54, 1.807) is 23.5 Å². The largest absolute Gasteiger partial charge is 0.357 e. The Morgan fingerprint density at radius 1 is 1.04 bits per heavy atom. The average molecular weight is 472 g/mol. The van der Waals surface area contributed by atoms with Gasteiger partial charge in [-0.15, -0.1) is 35.3 Å². The van der Waals surface area contributed by atoms with E-state index in [4.69, 9.17) is 0 Å². The molecule has 0 saturated heterocycles. The van der Waals surface area contributed by atoms with E-state index < -0.39 is 0 Å². The van der Waals surface area contributed by atoms with Crippen molar-refractivity contribution < 1.29 is 4.79 Å². The second-order valence-corrected chi connectivity index (χ2v) is 6.17. The Balaban J connectivity index is 0.00000312. The standard InChI is InChI=1S/C18H24N4OS.HI/c1-2-19-18(21-11-10-16-9-6-14-24-16)22-13-12-20-17(23)15-7-4-3-5-8-15;/h3-9,14H,2,10-13H2,1H3,(H,20,23)(H2,19,21,22);1H. The van der Waals surface area contributed by atoms with Gasteiger partial charge in [0.2, 0.25) is 0 Å². The SMILES string of the molecule is CCNC(=NCCc1cccs1)NCCNC(=O)c1ccccc1.I. The van der Waals surface area contributed by atoms with Gasteiger partial charge in [-0.3, -0.25) is 9.79 Å². The maximum absolute atomic E-state index is 11.9. The number of nitrogens with one attached hydrogen (secondary N) is 3. The Morgan fingerprint density at radius 3 is 2.48 bits per heavy atom. The van der Waals surface area contributed by atoms with E-state index in [1.807, 2.05) is 25.1 Å². The third kappa shape index (κ3) is 8.35. The molecule has 1 aromatic heterocycles. The number of aliphatic imine (C=N–C) groups is 1. The minimum Gasteiger partial charge on any atom is -0.357 e. The number of amides is 1. The van der Waals surface area contributed by atoms with E-state index in [1.165, 1.54) is 4.88 Å². The van der Waals surface area contributed by atoms with Gasteiger partial charge in [-0.25, -0.2) is 0 Å². The lowest BCUT2D eigenvalue weighted by Gasteiger charge is -2.11. The first kappa shape index (κ1) is 21.4. The van der Waals surface area contributed by atoms with Crippen molar-refractivity contribution in [2.24, 2.45) is 4.99 Å². The summed E-state index contributed by atoms with van der Waals surface area (Å²) in [5.41, 5.74) is 0.675. The number of carbonyl (C=O) groups is 1. The molecule has 1 aromatic carbocycles. The van der Waals surface area contributed by atoms with Crippen LogP contribution in [0.3, 0.4) is 0 Å². The minimum atomic E-state index is -0.0583. The zero-order valence-electron chi connectivity index (χ0n) is 14.3. The van der Waals surface area contributed by atoms with Crippen molar-refractivity contribution in [2.45, 2.75) is 13.3 Å². The number of rotatable bonds is 8. The summed E-state index contributed by atoms with van der Waals surface area (Å²) in [7, 11) is 0. The molecule has 3 N–H and O–H groups in total. The molecule has 0 saturated carbocycles. The summed E-state index contributed by atoms with van der Waals surface area (Å²) >= 11 is 1.75. The van der Waals surface area contributed by atoms with Gasteiger partial charge in [-0.05, 0) is 30.5 Å². The van der Waals surface area contributed by atoms with E-state index in [0.29, 0.717) is 18.7 Å². The number of hydrogen-bond acceptors (Lipinski definition) is 3. The van der Waals surface area contributed by atoms with Gasteiger partial charge in [0.1, 0.15) is 0 Å². The van der Waals surface area contributed by atoms with Gasteiger partial charge in [0.05, 0.1) is 0 Å². The van der Waals surface area contributed by atoms with Crippen LogP contribution in [0.2, 0.25) is 0 Å². The first-order chi connectivity index (χ1) is 11.8. The third-order valence-electron chi connectivity index (χ3n) is 3.29. The van der Waals surface area contributed by atoms with Crippen LogP contribution in [-0.2, 0) is 6.42 Å². The molecule has 0 unspecified atom stereocenters. The molecule has 7 heteroatoms. The number of halogens is 1. The molecular formula is C18H25IN4OS. The van der Waals surface area contributed by atoms with Crippen LogP contribution in [0.25, 0.3) is 0 Å². The lowest BCUT2D eigenvalue weighted by molar-refractivity contribution is 0.0954. The topological polar surface area (TPSA) is 65.5 Å². The van der Waals surface area contributed by atoms with Gasteiger partial charge < -0.3 is 16.0 Å². The number of nitrogens with zero attached hydrogens (tertiary/aromatic N) is 1. The van der Waals surface area contributed by atoms with Crippen molar-refractivity contribution in [3.05, 3.63) is 58.3 Å². The second kappa shape index (κ2) is 12.7. The lowest BCUT2D eigenvalue weighted by Crippen LogP contribution is -2.41. The fourth-order valence-corrected chi connectivity index (χ4v) is 2.82. The zero-order chi connectivity index (χ0) is 17.0. The van der Waals surface area contributed by atoms with Crippen molar-refractivity contribution in [1.82, 2.24) is 16.0 Å². The third-order valence-corrected chi connectivity index (χ3v) is 4.23. The lowest BCUT2D eigenvalue weighted by atomic mass is 10.2. The molecule has 1 amide bonds. The maximum Gasteiger partial charge on any atom is 0.251 e. The van der Waals surface area contributed by atoms with Crippen LogP contribution in [0, 0.1) is 0 Å². The fourth-order valence-electron chi connectivity index (χ4n) is 2.12. The summed E-state index contributed by atoms with van der Waals surface area (Å²) in [5.74, 6) is 0.722. The molecule has 2 rings (SSSR count). The van der Waals surface area contributed by atoms with Crippen LogP contribution in [0.4, 0.5) is 0 Å². The maximum atomic E-state index is 11.9. The Bertz CT molecular complexity index is 632. The number of thiophene rings is 1. The predicted octanol–water partition coefficient (Wildman–Crippen LogP) is 2.89. The molecule has 0 spiro atoms. The normalized spacial score (nSPS) is 10.7. The van der Waals surface area contributed by atoms with E-state index in [9.17, 15) is 4.79 Å². The highest BCUT2D eigenvalue weighted by Gasteiger charge is 2.03. The van der Waals surface area contributed by atoms with Gasteiger partial charge in [-0.2, -0.15) is 0 Å². The van der Waals surface area contributed by atoms with Crippen molar-refractivity contribution in [1.29, 1.82) is 0 Å². The molecule has 25 heavy (non-hydrogen) atoms. The minimum absolute atomic E-state index is 0. The molecule has 5 nitrogen and oxygen atoms in total. The molecule has 0 fully saturated rings. The molecule has 0 radical (unpaired) electrons. The van der Waals surface area contributed by atoms with Crippen LogP contribution < -0.4 is 16.0 Å². The Morgan fingerprint density at radius 2 is 1.80 bits per heavy atom. The number of carbonyl (C=O) groups excluding carboxylic acids is 1. The summed E-state index contributed by atoms with van der Waals surface area (Å²) in [4.78, 5) is 17.8. The second-order valence-electron chi connectivity index (χ2n) is 5.14. The summed E-state index contributed by atoms with van der Waals surface area (Å²) in [6.45, 7) is 4.76. The first-order valence-corrected chi connectivity index (χ1v) is 9.05. The van der Waals surface area contributed by atoms with Crippen molar-refractivity contribution in [3.63, 3.8) is 0 Å². The number of hydrogen-bond donors (Lipinski definition) is 3. The van der Waals surface area contributed by atoms with Gasteiger partial charge in [0.25, 0.3) is 5.91 Å². The quantitative estimate of drug-likeness (QED) is 0.240. The van der Waals surface area contributed by atoms with E-state index in [-0.39, 0.29) is 29.9 Å². The van der Waals surface area contributed by atoms with E-state index in [2.05, 4.69) is 38.5 Å². The average Bonchev–Trinajstić information content (AvgIpc) is 3.12. The van der Waals surface area contributed by atoms with Crippen LogP contribution in [0.1, 0.15) is 22.2 Å². The molecule has 1 heterocycles. The van der Waals surface area contributed by atoms with Crippen molar-refractivity contribution in [3.8, 4) is 0 Å². The first-order valence-electron chi connectivity index (χ1n) is 8.17. The van der Waals surface area contributed by atoms with Gasteiger partial charge in [0, 0.05) is 43.0 Å². The summed E-state index contributed by atoms with van der Waals surface area (Å²) in [5, 5.41) is 11.4. The highest BCUT2D eigenvalue weighted by molar-refractivity contribution is 14.0. The van der Waals surface area contributed by atoms with Crippen molar-refractivity contribution in [2.75, 3.05) is 26.2 Å². The smallest absolute Gasteiger partial charge is 0.251 e. The van der Waals surface area contributed by atoms with E-state index >= 15 is 0 Å². The highest BCUT2D eigenvalue weighted by Crippen LogP contribution is 2.08. The van der Waals surface area contributed by atoms with Crippen LogP contribution in [0.5, 0.6) is 0 Å². The Hall–Kier alpha value is -1.61. The van der Waals surface area contributed by atoms with Gasteiger partial charge in [0.15, 0.2) is 5.96 Å². The molecule has 0 bridgehead atoms. The highest BCUT2D eigenvalue weighted by atomic mass is 127. The van der Waals surface area contributed by atoms with E-state index in [0.717, 1.165) is 25.5 Å². The molecule has 0 atom stereocenters. The molecule has 136 valence electrons. The van der Waals surface area contributed by atoms with Crippen LogP contribution >= 0.6 is 35.3 Å². The Labute approximate surface area is 170 Å². The molecule has 0 aliphatic heterocycles. The van der Waals surface area contributed by atoms with Crippen LogP contribution in [-0.4, -0.2) is 38.0 Å². The summed E-state index contributed by atoms with van der Waals surface area (Å²) in [6.07, 6.45) is 0.943. The number of benzene rings is 1. The molecule has 0 aliphatic rings. The van der Waals surface area contributed by atoms with Crippen molar-refractivity contribution >= 4 is 47.2 Å². The summed E-state index contributed by atoms with van der Waals surface area (Å²) in [6, 6.07) is 13.4. The number of guanidine groups is 1. The van der Waals surface area contributed by atoms with Gasteiger partial charge in [-0.1, -0.05) is 24.3 Å². The van der Waals surface area contributed by atoms with Gasteiger partial charge >= 0.3 is 0 Å². The Kier molecular flexibility index (Phi) is 10.9. The van der Waals surface area contributed by atoms with Crippen LogP contribution in [0.15, 0.2) is 52.8 Å². The molecule has 2 aromatic rings. The fraction of sp³-hybridized carbons (Fsp3) is 0.333. The monoisotopic (exact) mass is 472 g/mol. The molecule has 0 aliphatic carbocycles. The zero-order valence-corrected chi connectivity index (χ0v) is 17.5.